The number of rotatable bonds is 3. The molecule has 5 nitrogen and oxygen atoms in total. The number of nitrogens with one attached hydrogen (secondary N) is 1. The predicted octanol–water partition coefficient (Wildman–Crippen LogP) is 0.157. The molecule has 1 amide bonds. The average molecular weight is 263 g/mol. The standard InChI is InChI=1S/C14H21N3O2/c1-16(2)11-6-4-5-10(7-11)14(19)17(3)12-8-15-9-13(12)18/h4-7,12-13,15,18H,8-9H2,1-3H3/t12-,13-/m0/s1. The fourth-order valence-corrected chi connectivity index (χ4v) is 2.32. The molecule has 1 heterocycles. The van der Waals surface area contributed by atoms with E-state index in [4.69, 9.17) is 0 Å². The molecule has 1 aromatic carbocycles. The number of likely N-dealkylation sites (N-methyl/N-ethyl adjacent to an activating group) is 1. The number of anilines is 1. The first-order valence-electron chi connectivity index (χ1n) is 6.44. The Kier molecular flexibility index (Phi) is 4.07. The molecule has 0 aromatic heterocycles. The second-order valence-electron chi connectivity index (χ2n) is 5.15. The molecular formula is C14H21N3O2. The Bertz CT molecular complexity index is 462. The summed E-state index contributed by atoms with van der Waals surface area (Å²) in [5.74, 6) is -0.0588. The molecule has 0 spiro atoms. The number of hydrogen-bond acceptors (Lipinski definition) is 4. The average Bonchev–Trinajstić information content (AvgIpc) is 2.83. The lowest BCUT2D eigenvalue weighted by Crippen LogP contribution is -2.44. The van der Waals surface area contributed by atoms with Crippen molar-refractivity contribution < 1.29 is 9.90 Å². The molecule has 2 N–H and O–H groups in total. The predicted molar refractivity (Wildman–Crippen MR) is 75.5 cm³/mol. The van der Waals surface area contributed by atoms with Crippen molar-refractivity contribution in [2.24, 2.45) is 0 Å². The Balaban J connectivity index is 2.17. The Hall–Kier alpha value is -1.59. The number of carbonyl (C=O) groups is 1. The summed E-state index contributed by atoms with van der Waals surface area (Å²) in [6.45, 7) is 1.18. The molecule has 5 heteroatoms. The van der Waals surface area contributed by atoms with Crippen LogP contribution in [0.4, 0.5) is 5.69 Å². The summed E-state index contributed by atoms with van der Waals surface area (Å²) in [6.07, 6.45) is -0.494. The Morgan fingerprint density at radius 3 is 2.63 bits per heavy atom. The van der Waals surface area contributed by atoms with E-state index in [0.717, 1.165) is 5.69 Å². The van der Waals surface area contributed by atoms with Crippen LogP contribution in [-0.4, -0.2) is 62.3 Å². The Morgan fingerprint density at radius 1 is 1.32 bits per heavy atom. The summed E-state index contributed by atoms with van der Waals surface area (Å²) >= 11 is 0. The minimum absolute atomic E-state index is 0.0588. The molecule has 0 bridgehead atoms. The number of aliphatic hydroxyl groups is 1. The highest BCUT2D eigenvalue weighted by atomic mass is 16.3. The molecule has 0 radical (unpaired) electrons. The van der Waals surface area contributed by atoms with Gasteiger partial charge in [0.15, 0.2) is 0 Å². The van der Waals surface area contributed by atoms with E-state index in [1.807, 2.05) is 37.2 Å². The lowest BCUT2D eigenvalue weighted by molar-refractivity contribution is 0.0581. The number of benzene rings is 1. The molecule has 1 aliphatic rings. The first-order valence-corrected chi connectivity index (χ1v) is 6.44. The van der Waals surface area contributed by atoms with Gasteiger partial charge in [0.1, 0.15) is 0 Å². The molecule has 104 valence electrons. The maximum absolute atomic E-state index is 12.4. The molecule has 1 aliphatic heterocycles. The molecule has 0 saturated carbocycles. The van der Waals surface area contributed by atoms with E-state index in [1.54, 1.807) is 18.0 Å². The molecule has 1 aromatic rings. The van der Waals surface area contributed by atoms with Crippen molar-refractivity contribution in [3.8, 4) is 0 Å². The second kappa shape index (κ2) is 5.59. The zero-order valence-corrected chi connectivity index (χ0v) is 11.6. The van der Waals surface area contributed by atoms with Gasteiger partial charge in [-0.05, 0) is 18.2 Å². The first kappa shape index (κ1) is 13.8. The van der Waals surface area contributed by atoms with E-state index < -0.39 is 6.10 Å². The van der Waals surface area contributed by atoms with Crippen molar-refractivity contribution >= 4 is 11.6 Å². The van der Waals surface area contributed by atoms with Crippen LogP contribution in [0.1, 0.15) is 10.4 Å². The highest BCUT2D eigenvalue weighted by Crippen LogP contribution is 2.17. The van der Waals surface area contributed by atoms with Gasteiger partial charge in [-0.1, -0.05) is 6.07 Å². The van der Waals surface area contributed by atoms with Crippen molar-refractivity contribution in [2.45, 2.75) is 12.1 Å². The summed E-state index contributed by atoms with van der Waals surface area (Å²) in [7, 11) is 5.63. The fraction of sp³-hybridized carbons (Fsp3) is 0.500. The minimum Gasteiger partial charge on any atom is -0.390 e. The summed E-state index contributed by atoms with van der Waals surface area (Å²) < 4.78 is 0. The van der Waals surface area contributed by atoms with Gasteiger partial charge in [0.2, 0.25) is 0 Å². The van der Waals surface area contributed by atoms with Gasteiger partial charge >= 0.3 is 0 Å². The zero-order valence-electron chi connectivity index (χ0n) is 11.6. The van der Waals surface area contributed by atoms with Crippen LogP contribution in [0.15, 0.2) is 24.3 Å². The van der Waals surface area contributed by atoms with Crippen LogP contribution in [0, 0.1) is 0 Å². The number of hydrogen-bond donors (Lipinski definition) is 2. The van der Waals surface area contributed by atoms with Crippen LogP contribution in [-0.2, 0) is 0 Å². The largest absolute Gasteiger partial charge is 0.390 e. The van der Waals surface area contributed by atoms with E-state index in [0.29, 0.717) is 18.7 Å². The third-order valence-corrected chi connectivity index (χ3v) is 3.58. The number of amides is 1. The summed E-state index contributed by atoms with van der Waals surface area (Å²) in [5, 5.41) is 12.9. The molecule has 2 atom stereocenters. The Morgan fingerprint density at radius 2 is 2.05 bits per heavy atom. The number of carbonyl (C=O) groups excluding carboxylic acids is 1. The van der Waals surface area contributed by atoms with E-state index in [2.05, 4.69) is 5.32 Å². The first-order chi connectivity index (χ1) is 9.00. The van der Waals surface area contributed by atoms with Gasteiger partial charge in [0.05, 0.1) is 12.1 Å². The van der Waals surface area contributed by atoms with Gasteiger partial charge in [0.25, 0.3) is 5.91 Å². The van der Waals surface area contributed by atoms with E-state index in [9.17, 15) is 9.90 Å². The minimum atomic E-state index is -0.494. The van der Waals surface area contributed by atoms with Crippen LogP contribution in [0.3, 0.4) is 0 Å². The summed E-state index contributed by atoms with van der Waals surface area (Å²) in [5.41, 5.74) is 1.64. The quantitative estimate of drug-likeness (QED) is 0.815. The highest BCUT2D eigenvalue weighted by molar-refractivity contribution is 5.95. The highest BCUT2D eigenvalue weighted by Gasteiger charge is 2.31. The lowest BCUT2D eigenvalue weighted by atomic mass is 10.1. The van der Waals surface area contributed by atoms with Crippen LogP contribution in [0.5, 0.6) is 0 Å². The molecule has 1 fully saturated rings. The maximum atomic E-state index is 12.4. The van der Waals surface area contributed by atoms with Gasteiger partial charge in [-0.3, -0.25) is 4.79 Å². The molecule has 0 unspecified atom stereocenters. The molecule has 19 heavy (non-hydrogen) atoms. The van der Waals surface area contributed by atoms with Crippen molar-refractivity contribution in [2.75, 3.05) is 39.1 Å². The normalized spacial score (nSPS) is 22.3. The third kappa shape index (κ3) is 2.88. The van der Waals surface area contributed by atoms with Gasteiger partial charge in [-0.25, -0.2) is 0 Å². The molecule has 2 rings (SSSR count). The maximum Gasteiger partial charge on any atom is 0.254 e. The summed E-state index contributed by atoms with van der Waals surface area (Å²) in [4.78, 5) is 16.0. The SMILES string of the molecule is CN(C)c1cccc(C(=O)N(C)[C@H]2CNC[C@@H]2O)c1. The van der Waals surface area contributed by atoms with Gasteiger partial charge in [-0.15, -0.1) is 0 Å². The van der Waals surface area contributed by atoms with Crippen molar-refractivity contribution in [3.63, 3.8) is 0 Å². The van der Waals surface area contributed by atoms with Gasteiger partial charge in [-0.2, -0.15) is 0 Å². The zero-order chi connectivity index (χ0) is 14.0. The third-order valence-electron chi connectivity index (χ3n) is 3.58. The molecule has 1 saturated heterocycles. The van der Waals surface area contributed by atoms with Crippen molar-refractivity contribution in [1.29, 1.82) is 0 Å². The van der Waals surface area contributed by atoms with Crippen LogP contribution < -0.4 is 10.2 Å². The van der Waals surface area contributed by atoms with Crippen LogP contribution in [0.25, 0.3) is 0 Å². The van der Waals surface area contributed by atoms with Crippen LogP contribution in [0.2, 0.25) is 0 Å². The van der Waals surface area contributed by atoms with Crippen molar-refractivity contribution in [3.05, 3.63) is 29.8 Å². The fourth-order valence-electron chi connectivity index (χ4n) is 2.32. The Labute approximate surface area is 113 Å². The monoisotopic (exact) mass is 263 g/mol. The smallest absolute Gasteiger partial charge is 0.254 e. The number of nitrogens with zero attached hydrogens (tertiary/aromatic N) is 2. The topological polar surface area (TPSA) is 55.8 Å². The molecule has 0 aliphatic carbocycles. The van der Waals surface area contributed by atoms with Gasteiger partial charge in [0, 0.05) is 45.5 Å². The second-order valence-corrected chi connectivity index (χ2v) is 5.15. The van der Waals surface area contributed by atoms with E-state index in [-0.39, 0.29) is 11.9 Å². The lowest BCUT2D eigenvalue weighted by Gasteiger charge is -2.26. The van der Waals surface area contributed by atoms with E-state index in [1.165, 1.54) is 0 Å². The number of aliphatic hydroxyl groups excluding tert-OH is 1. The number of β-amino-alcohol motifs (C(OH)–C–C–N with tert-alkyl or cyclic N) is 1. The van der Waals surface area contributed by atoms with Crippen LogP contribution >= 0.6 is 0 Å². The van der Waals surface area contributed by atoms with Crippen molar-refractivity contribution in [1.82, 2.24) is 10.2 Å². The van der Waals surface area contributed by atoms with E-state index >= 15 is 0 Å². The summed E-state index contributed by atoms with van der Waals surface area (Å²) in [6, 6.07) is 7.35. The van der Waals surface area contributed by atoms with Gasteiger partial charge < -0.3 is 20.2 Å². The molecular weight excluding hydrogens is 242 g/mol.